The van der Waals surface area contributed by atoms with E-state index in [1.807, 2.05) is 36.1 Å². The number of anilines is 1. The minimum atomic E-state index is -0.0417. The Balaban J connectivity index is 1.39. The lowest BCUT2D eigenvalue weighted by atomic mass is 10.1. The van der Waals surface area contributed by atoms with Gasteiger partial charge in [-0.15, -0.1) is 11.3 Å². The van der Waals surface area contributed by atoms with Crippen molar-refractivity contribution in [2.75, 3.05) is 38.2 Å². The molecule has 2 aromatic heterocycles. The van der Waals surface area contributed by atoms with Crippen molar-refractivity contribution >= 4 is 34.7 Å². The predicted octanol–water partition coefficient (Wildman–Crippen LogP) is 4.80. The number of benzene rings is 1. The van der Waals surface area contributed by atoms with Crippen LogP contribution in [0.3, 0.4) is 0 Å². The molecule has 9 heteroatoms. The standard InChI is InChI=1S/C22H25ClN4O3S/c1-15-24-14-20(30-15)18-6-4-16(12-19(18)29-2)26-8-3-9-27(11-10-26)22(28)25-13-17-5-7-21(23)31-17/h4-7,12,14H,3,8-11,13H2,1-2H3,(H,25,28). The smallest absolute Gasteiger partial charge is 0.317 e. The molecule has 2 amide bonds. The van der Waals surface area contributed by atoms with Gasteiger partial charge in [0.1, 0.15) is 5.75 Å². The molecule has 1 aromatic carbocycles. The highest BCUT2D eigenvalue weighted by molar-refractivity contribution is 7.16. The van der Waals surface area contributed by atoms with Gasteiger partial charge in [-0.2, -0.15) is 0 Å². The first kappa shape index (κ1) is 21.5. The number of halogens is 1. The van der Waals surface area contributed by atoms with E-state index in [2.05, 4.69) is 21.3 Å². The predicted molar refractivity (Wildman–Crippen MR) is 123 cm³/mol. The van der Waals surface area contributed by atoms with E-state index in [4.69, 9.17) is 20.8 Å². The van der Waals surface area contributed by atoms with Crippen LogP contribution in [0.25, 0.3) is 11.3 Å². The lowest BCUT2D eigenvalue weighted by Gasteiger charge is -2.24. The summed E-state index contributed by atoms with van der Waals surface area (Å²) in [7, 11) is 1.65. The van der Waals surface area contributed by atoms with Crippen LogP contribution in [-0.2, 0) is 6.54 Å². The molecule has 31 heavy (non-hydrogen) atoms. The zero-order chi connectivity index (χ0) is 21.8. The number of amides is 2. The van der Waals surface area contributed by atoms with Gasteiger partial charge in [-0.25, -0.2) is 9.78 Å². The van der Waals surface area contributed by atoms with E-state index in [0.717, 1.165) is 52.3 Å². The Kier molecular flexibility index (Phi) is 6.67. The van der Waals surface area contributed by atoms with Crippen LogP contribution in [0.15, 0.2) is 40.9 Å². The van der Waals surface area contributed by atoms with Gasteiger partial charge in [-0.1, -0.05) is 11.6 Å². The summed E-state index contributed by atoms with van der Waals surface area (Å²) in [5, 5.41) is 2.99. The summed E-state index contributed by atoms with van der Waals surface area (Å²) in [5.41, 5.74) is 1.93. The number of carbonyl (C=O) groups is 1. The molecular weight excluding hydrogens is 436 g/mol. The van der Waals surface area contributed by atoms with Crippen molar-refractivity contribution in [3.05, 3.63) is 51.6 Å². The maximum Gasteiger partial charge on any atom is 0.317 e. The maximum absolute atomic E-state index is 12.6. The zero-order valence-electron chi connectivity index (χ0n) is 17.6. The molecule has 3 aromatic rings. The fraction of sp³-hybridized carbons (Fsp3) is 0.364. The van der Waals surface area contributed by atoms with E-state index in [1.54, 1.807) is 13.3 Å². The molecule has 0 radical (unpaired) electrons. The van der Waals surface area contributed by atoms with E-state index in [1.165, 1.54) is 11.3 Å². The maximum atomic E-state index is 12.6. The van der Waals surface area contributed by atoms with Crippen LogP contribution in [0.4, 0.5) is 10.5 Å². The highest BCUT2D eigenvalue weighted by Gasteiger charge is 2.20. The summed E-state index contributed by atoms with van der Waals surface area (Å²) in [6.45, 7) is 5.31. The van der Waals surface area contributed by atoms with Crippen LogP contribution in [-0.4, -0.2) is 49.2 Å². The molecule has 0 bridgehead atoms. The van der Waals surface area contributed by atoms with Gasteiger partial charge in [-0.05, 0) is 30.7 Å². The number of carbonyl (C=O) groups excluding carboxylic acids is 1. The molecule has 1 N–H and O–H groups in total. The van der Waals surface area contributed by atoms with E-state index in [-0.39, 0.29) is 6.03 Å². The van der Waals surface area contributed by atoms with Crippen LogP contribution in [0, 0.1) is 6.92 Å². The summed E-state index contributed by atoms with van der Waals surface area (Å²) in [4.78, 5) is 22.0. The van der Waals surface area contributed by atoms with Gasteiger partial charge < -0.3 is 24.3 Å². The molecule has 3 heterocycles. The molecule has 1 aliphatic rings. The Hall–Kier alpha value is -2.71. The van der Waals surface area contributed by atoms with Gasteiger partial charge in [0.2, 0.25) is 0 Å². The summed E-state index contributed by atoms with van der Waals surface area (Å²) in [5.74, 6) is 2.04. The molecule has 1 saturated heterocycles. The Morgan fingerprint density at radius 3 is 2.84 bits per heavy atom. The second-order valence-electron chi connectivity index (χ2n) is 7.32. The summed E-state index contributed by atoms with van der Waals surface area (Å²) >= 11 is 7.44. The van der Waals surface area contributed by atoms with Gasteiger partial charge in [-0.3, -0.25) is 0 Å². The second kappa shape index (κ2) is 9.62. The van der Waals surface area contributed by atoms with Gasteiger partial charge in [0, 0.05) is 49.7 Å². The van der Waals surface area contributed by atoms with E-state index >= 15 is 0 Å². The van der Waals surface area contributed by atoms with Crippen LogP contribution in [0.1, 0.15) is 17.2 Å². The van der Waals surface area contributed by atoms with Crippen molar-refractivity contribution in [2.45, 2.75) is 19.9 Å². The molecule has 7 nitrogen and oxygen atoms in total. The second-order valence-corrected chi connectivity index (χ2v) is 9.12. The lowest BCUT2D eigenvalue weighted by Crippen LogP contribution is -2.41. The molecule has 1 aliphatic heterocycles. The molecule has 0 aliphatic carbocycles. The number of aryl methyl sites for hydroxylation is 1. The van der Waals surface area contributed by atoms with Crippen molar-refractivity contribution in [2.24, 2.45) is 0 Å². The first-order chi connectivity index (χ1) is 15.0. The van der Waals surface area contributed by atoms with E-state index in [9.17, 15) is 4.79 Å². The third-order valence-corrected chi connectivity index (χ3v) is 6.49. The van der Waals surface area contributed by atoms with Crippen molar-refractivity contribution < 1.29 is 13.9 Å². The Labute approximate surface area is 190 Å². The molecule has 0 saturated carbocycles. The minimum absolute atomic E-state index is 0.0417. The fourth-order valence-corrected chi connectivity index (χ4v) is 4.69. The largest absolute Gasteiger partial charge is 0.496 e. The highest BCUT2D eigenvalue weighted by atomic mass is 35.5. The minimum Gasteiger partial charge on any atom is -0.496 e. The number of methoxy groups -OCH3 is 1. The van der Waals surface area contributed by atoms with Crippen molar-refractivity contribution in [1.82, 2.24) is 15.2 Å². The van der Waals surface area contributed by atoms with Crippen LogP contribution in [0.2, 0.25) is 4.34 Å². The molecular formula is C22H25ClN4O3S. The zero-order valence-corrected chi connectivity index (χ0v) is 19.1. The highest BCUT2D eigenvalue weighted by Crippen LogP contribution is 2.34. The SMILES string of the molecule is COc1cc(N2CCCN(C(=O)NCc3ccc(Cl)s3)CC2)ccc1-c1cnc(C)o1. The third kappa shape index (κ3) is 5.14. The topological polar surface area (TPSA) is 70.8 Å². The van der Waals surface area contributed by atoms with Gasteiger partial charge in [0.15, 0.2) is 11.7 Å². The van der Waals surface area contributed by atoms with Crippen LogP contribution < -0.4 is 15.0 Å². The normalized spacial score (nSPS) is 14.4. The number of oxazole rings is 1. The fourth-order valence-electron chi connectivity index (χ4n) is 3.67. The van der Waals surface area contributed by atoms with Gasteiger partial charge in [0.05, 0.1) is 29.8 Å². The van der Waals surface area contributed by atoms with Gasteiger partial charge in [0.25, 0.3) is 0 Å². The molecule has 164 valence electrons. The number of ether oxygens (including phenoxy) is 1. The van der Waals surface area contributed by atoms with Crippen LogP contribution >= 0.6 is 22.9 Å². The Bertz CT molecular complexity index is 1050. The van der Waals surface area contributed by atoms with Crippen molar-refractivity contribution in [3.8, 4) is 17.1 Å². The Morgan fingerprint density at radius 1 is 1.26 bits per heavy atom. The third-order valence-electron chi connectivity index (χ3n) is 5.26. The number of urea groups is 1. The quantitative estimate of drug-likeness (QED) is 0.592. The average Bonchev–Trinajstić information content (AvgIpc) is 3.31. The number of thiophene rings is 1. The number of aromatic nitrogens is 1. The number of hydrogen-bond donors (Lipinski definition) is 1. The lowest BCUT2D eigenvalue weighted by molar-refractivity contribution is 0.201. The van der Waals surface area contributed by atoms with Crippen molar-refractivity contribution in [3.63, 3.8) is 0 Å². The monoisotopic (exact) mass is 460 g/mol. The number of hydrogen-bond acceptors (Lipinski definition) is 6. The van der Waals surface area contributed by atoms with Crippen molar-refractivity contribution in [1.29, 1.82) is 0 Å². The number of rotatable bonds is 5. The summed E-state index contributed by atoms with van der Waals surface area (Å²) in [6, 6.07) is 9.82. The average molecular weight is 461 g/mol. The van der Waals surface area contributed by atoms with E-state index < -0.39 is 0 Å². The molecule has 0 unspecified atom stereocenters. The van der Waals surface area contributed by atoms with Crippen LogP contribution in [0.5, 0.6) is 5.75 Å². The van der Waals surface area contributed by atoms with Gasteiger partial charge >= 0.3 is 6.03 Å². The molecule has 0 spiro atoms. The van der Waals surface area contributed by atoms with E-state index in [0.29, 0.717) is 24.7 Å². The molecule has 0 atom stereocenters. The first-order valence-electron chi connectivity index (χ1n) is 10.2. The molecule has 1 fully saturated rings. The number of nitrogens with zero attached hydrogens (tertiary/aromatic N) is 3. The summed E-state index contributed by atoms with van der Waals surface area (Å²) in [6.07, 6.45) is 2.60. The first-order valence-corrected chi connectivity index (χ1v) is 11.4. The summed E-state index contributed by atoms with van der Waals surface area (Å²) < 4.78 is 12.0. The molecule has 4 rings (SSSR count). The number of nitrogens with one attached hydrogen (secondary N) is 1. The Morgan fingerprint density at radius 2 is 2.13 bits per heavy atom.